The van der Waals surface area contributed by atoms with Crippen molar-refractivity contribution in [3.63, 3.8) is 0 Å². The number of fused-ring (bicyclic) bond motifs is 1. The largest absolute Gasteiger partial charge is 0.319 e. The Kier molecular flexibility index (Phi) is 6.91. The maximum absolute atomic E-state index is 13.7. The minimum Gasteiger partial charge on any atom is -0.319 e. The van der Waals surface area contributed by atoms with E-state index in [2.05, 4.69) is 23.4 Å². The highest BCUT2D eigenvalue weighted by Crippen LogP contribution is 2.33. The van der Waals surface area contributed by atoms with Gasteiger partial charge in [-0.2, -0.15) is 0 Å². The van der Waals surface area contributed by atoms with Crippen molar-refractivity contribution in [1.29, 1.82) is 0 Å². The molecule has 1 aromatic heterocycles. The second-order valence-electron chi connectivity index (χ2n) is 8.65. The van der Waals surface area contributed by atoms with Crippen molar-refractivity contribution in [3.05, 3.63) is 65.1 Å². The molecule has 7 heteroatoms. The predicted octanol–water partition coefficient (Wildman–Crippen LogP) is 6.46. The summed E-state index contributed by atoms with van der Waals surface area (Å²) in [6.45, 7) is 7.18. The molecule has 1 amide bonds. The number of carbonyl (C=O) groups excluding carboxylic acids is 1. The molecule has 0 saturated carbocycles. The van der Waals surface area contributed by atoms with E-state index in [9.17, 15) is 9.18 Å². The van der Waals surface area contributed by atoms with Crippen molar-refractivity contribution < 1.29 is 9.18 Å². The van der Waals surface area contributed by atoms with Crippen LogP contribution in [-0.2, 0) is 17.8 Å². The molecule has 1 aliphatic heterocycles. The molecule has 0 N–H and O–H groups in total. The number of amides is 1. The quantitative estimate of drug-likeness (QED) is 0.387. The van der Waals surface area contributed by atoms with E-state index < -0.39 is 0 Å². The van der Waals surface area contributed by atoms with Gasteiger partial charge in [0.05, 0.1) is 17.6 Å². The number of nitrogens with zero attached hydrogens (tertiary/aromatic N) is 3. The Balaban J connectivity index is 1.56. The van der Waals surface area contributed by atoms with Crippen LogP contribution in [0.3, 0.4) is 0 Å². The molecule has 0 fully saturated rings. The number of imidazole rings is 1. The van der Waals surface area contributed by atoms with Crippen LogP contribution in [0.25, 0.3) is 11.3 Å². The molecule has 168 valence electrons. The summed E-state index contributed by atoms with van der Waals surface area (Å²) in [4.78, 5) is 19.7. The molecule has 0 radical (unpaired) electrons. The molecular formula is C25H27ClFN3OS. The first-order valence-electron chi connectivity index (χ1n) is 10.9. The molecule has 0 saturated heterocycles. The Morgan fingerprint density at radius 1 is 1.25 bits per heavy atom. The van der Waals surface area contributed by atoms with Gasteiger partial charge in [0.1, 0.15) is 5.82 Å². The SMILES string of the molecule is CC(C)Cn1c(-c2ccc(Cl)cc2)cnc1SCC(=O)N1c2ccc(F)cc2CCC1C. The summed E-state index contributed by atoms with van der Waals surface area (Å²) in [5.41, 5.74) is 3.77. The summed E-state index contributed by atoms with van der Waals surface area (Å²) >= 11 is 7.50. The fourth-order valence-corrected chi connectivity index (χ4v) is 5.14. The van der Waals surface area contributed by atoms with Gasteiger partial charge in [-0.3, -0.25) is 4.79 Å². The van der Waals surface area contributed by atoms with Gasteiger partial charge < -0.3 is 9.47 Å². The Bertz CT molecular complexity index is 1110. The van der Waals surface area contributed by atoms with E-state index in [1.54, 1.807) is 12.1 Å². The third kappa shape index (κ3) is 4.86. The number of hydrogen-bond donors (Lipinski definition) is 0. The van der Waals surface area contributed by atoms with Gasteiger partial charge in [0, 0.05) is 23.3 Å². The highest BCUT2D eigenvalue weighted by Gasteiger charge is 2.29. The second-order valence-corrected chi connectivity index (χ2v) is 10.0. The van der Waals surface area contributed by atoms with Gasteiger partial charge in [-0.1, -0.05) is 49.3 Å². The summed E-state index contributed by atoms with van der Waals surface area (Å²) in [7, 11) is 0. The number of aryl methyl sites for hydroxylation is 1. The van der Waals surface area contributed by atoms with Crippen molar-refractivity contribution in [2.24, 2.45) is 5.92 Å². The van der Waals surface area contributed by atoms with Crippen molar-refractivity contribution in [2.75, 3.05) is 10.7 Å². The highest BCUT2D eigenvalue weighted by atomic mass is 35.5. The van der Waals surface area contributed by atoms with Gasteiger partial charge in [0.25, 0.3) is 0 Å². The molecule has 4 rings (SSSR count). The smallest absolute Gasteiger partial charge is 0.237 e. The van der Waals surface area contributed by atoms with Crippen LogP contribution in [0.1, 0.15) is 32.8 Å². The summed E-state index contributed by atoms with van der Waals surface area (Å²) in [5, 5.41) is 1.51. The Morgan fingerprint density at radius 3 is 2.72 bits per heavy atom. The number of carbonyl (C=O) groups is 1. The van der Waals surface area contributed by atoms with Crippen molar-refractivity contribution in [3.8, 4) is 11.3 Å². The van der Waals surface area contributed by atoms with Crippen LogP contribution in [0.4, 0.5) is 10.1 Å². The first-order valence-corrected chi connectivity index (χ1v) is 12.2. The number of aromatic nitrogens is 2. The van der Waals surface area contributed by atoms with Gasteiger partial charge in [-0.15, -0.1) is 0 Å². The normalized spacial score (nSPS) is 15.8. The summed E-state index contributed by atoms with van der Waals surface area (Å²) < 4.78 is 15.9. The predicted molar refractivity (Wildman–Crippen MR) is 130 cm³/mol. The summed E-state index contributed by atoms with van der Waals surface area (Å²) in [6.07, 6.45) is 3.48. The Hall–Kier alpha value is -2.31. The first kappa shape index (κ1) is 22.9. The molecule has 1 aliphatic rings. The van der Waals surface area contributed by atoms with Gasteiger partial charge in [0.2, 0.25) is 5.91 Å². The monoisotopic (exact) mass is 471 g/mol. The number of hydrogen-bond acceptors (Lipinski definition) is 3. The zero-order valence-electron chi connectivity index (χ0n) is 18.5. The molecule has 4 nitrogen and oxygen atoms in total. The minimum atomic E-state index is -0.259. The molecular weight excluding hydrogens is 445 g/mol. The lowest BCUT2D eigenvalue weighted by molar-refractivity contribution is -0.116. The van der Waals surface area contributed by atoms with Gasteiger partial charge in [-0.25, -0.2) is 9.37 Å². The standard InChI is InChI=1S/C25H27ClFN3OS/c1-16(2)14-29-23(18-6-8-20(26)9-7-18)13-28-25(29)32-15-24(31)30-17(3)4-5-19-12-21(27)10-11-22(19)30/h6-13,16-17H,4-5,14-15H2,1-3H3. The van der Waals surface area contributed by atoms with Crippen LogP contribution in [0.5, 0.6) is 0 Å². The molecule has 1 atom stereocenters. The minimum absolute atomic E-state index is 0.0159. The molecule has 0 spiro atoms. The summed E-state index contributed by atoms with van der Waals surface area (Å²) in [6, 6.07) is 12.5. The highest BCUT2D eigenvalue weighted by molar-refractivity contribution is 7.99. The molecule has 0 bridgehead atoms. The fraction of sp³-hybridized carbons (Fsp3) is 0.360. The van der Waals surface area contributed by atoms with Gasteiger partial charge in [-0.05, 0) is 67.1 Å². The van der Waals surface area contributed by atoms with E-state index in [0.29, 0.717) is 10.9 Å². The zero-order valence-corrected chi connectivity index (χ0v) is 20.1. The van der Waals surface area contributed by atoms with Crippen LogP contribution < -0.4 is 4.90 Å². The molecule has 2 heterocycles. The average Bonchev–Trinajstić information content (AvgIpc) is 3.14. The van der Waals surface area contributed by atoms with Crippen LogP contribution in [0.15, 0.2) is 53.8 Å². The summed E-state index contributed by atoms with van der Waals surface area (Å²) in [5.74, 6) is 0.456. The van der Waals surface area contributed by atoms with Crippen LogP contribution >= 0.6 is 23.4 Å². The molecule has 3 aromatic rings. The lowest BCUT2D eigenvalue weighted by Crippen LogP contribution is -2.43. The maximum Gasteiger partial charge on any atom is 0.237 e. The van der Waals surface area contributed by atoms with Crippen LogP contribution in [0, 0.1) is 11.7 Å². The fourth-order valence-electron chi connectivity index (χ4n) is 4.16. The maximum atomic E-state index is 13.7. The Labute approximate surface area is 197 Å². The number of rotatable bonds is 6. The van der Waals surface area contributed by atoms with Crippen molar-refractivity contribution in [1.82, 2.24) is 9.55 Å². The van der Waals surface area contributed by atoms with Crippen molar-refractivity contribution >= 4 is 35.0 Å². The average molecular weight is 472 g/mol. The van der Waals surface area contributed by atoms with E-state index in [4.69, 9.17) is 11.6 Å². The second kappa shape index (κ2) is 9.67. The van der Waals surface area contributed by atoms with E-state index in [1.807, 2.05) is 42.3 Å². The lowest BCUT2D eigenvalue weighted by atomic mass is 9.96. The molecule has 0 aliphatic carbocycles. The number of benzene rings is 2. The van der Waals surface area contributed by atoms with Gasteiger partial charge >= 0.3 is 0 Å². The number of anilines is 1. The first-order chi connectivity index (χ1) is 15.3. The third-order valence-electron chi connectivity index (χ3n) is 5.67. The zero-order chi connectivity index (χ0) is 22.8. The third-order valence-corrected chi connectivity index (χ3v) is 6.90. The Morgan fingerprint density at radius 2 is 2.00 bits per heavy atom. The van der Waals surface area contributed by atoms with E-state index >= 15 is 0 Å². The number of thioether (sulfide) groups is 1. The lowest BCUT2D eigenvalue weighted by Gasteiger charge is -2.35. The van der Waals surface area contributed by atoms with Crippen LogP contribution in [0.2, 0.25) is 5.02 Å². The topological polar surface area (TPSA) is 38.1 Å². The molecule has 32 heavy (non-hydrogen) atoms. The van der Waals surface area contributed by atoms with E-state index in [0.717, 1.165) is 47.1 Å². The van der Waals surface area contributed by atoms with E-state index in [-0.39, 0.29) is 23.5 Å². The van der Waals surface area contributed by atoms with Gasteiger partial charge in [0.15, 0.2) is 5.16 Å². The molecule has 2 aromatic carbocycles. The van der Waals surface area contributed by atoms with E-state index in [1.165, 1.54) is 17.8 Å². The number of halogens is 2. The van der Waals surface area contributed by atoms with Crippen molar-refractivity contribution in [2.45, 2.75) is 51.4 Å². The van der Waals surface area contributed by atoms with Crippen LogP contribution in [-0.4, -0.2) is 27.3 Å². The molecule has 1 unspecified atom stereocenters.